The first-order chi connectivity index (χ1) is 8.95. The number of aromatic nitrogens is 2. The molecule has 2 atom stereocenters. The van der Waals surface area contributed by atoms with Crippen molar-refractivity contribution < 1.29 is 4.79 Å². The SMILES string of the molecule is C[C@@H]1C[C@H](C)CN(C(=O)Cn2[nH]c(=O)ccc2=O)C1. The number of rotatable bonds is 2. The van der Waals surface area contributed by atoms with Crippen LogP contribution in [-0.2, 0) is 11.3 Å². The number of hydrogen-bond acceptors (Lipinski definition) is 3. The third-order valence-corrected chi connectivity index (χ3v) is 3.40. The lowest BCUT2D eigenvalue weighted by Crippen LogP contribution is -2.45. The van der Waals surface area contributed by atoms with E-state index in [9.17, 15) is 14.4 Å². The van der Waals surface area contributed by atoms with Gasteiger partial charge in [0.15, 0.2) is 0 Å². The molecule has 1 aromatic heterocycles. The van der Waals surface area contributed by atoms with Crippen LogP contribution in [0.2, 0.25) is 0 Å². The van der Waals surface area contributed by atoms with Gasteiger partial charge in [-0.1, -0.05) is 13.8 Å². The van der Waals surface area contributed by atoms with Crippen LogP contribution in [0.15, 0.2) is 21.7 Å². The molecule has 1 fully saturated rings. The van der Waals surface area contributed by atoms with E-state index < -0.39 is 0 Å². The summed E-state index contributed by atoms with van der Waals surface area (Å²) >= 11 is 0. The van der Waals surface area contributed by atoms with Gasteiger partial charge in [-0.05, 0) is 18.3 Å². The molecule has 1 amide bonds. The van der Waals surface area contributed by atoms with Gasteiger partial charge in [0.2, 0.25) is 5.91 Å². The molecule has 104 valence electrons. The van der Waals surface area contributed by atoms with E-state index in [0.717, 1.165) is 30.3 Å². The highest BCUT2D eigenvalue weighted by Crippen LogP contribution is 2.20. The number of carbonyl (C=O) groups excluding carboxylic acids is 1. The fourth-order valence-electron chi connectivity index (χ4n) is 2.68. The van der Waals surface area contributed by atoms with Crippen LogP contribution in [0.3, 0.4) is 0 Å². The van der Waals surface area contributed by atoms with E-state index in [4.69, 9.17) is 0 Å². The number of nitrogens with zero attached hydrogens (tertiary/aromatic N) is 2. The lowest BCUT2D eigenvalue weighted by atomic mass is 9.92. The molecule has 2 rings (SSSR count). The number of aromatic amines is 1. The van der Waals surface area contributed by atoms with Gasteiger partial charge in [-0.15, -0.1) is 0 Å². The summed E-state index contributed by atoms with van der Waals surface area (Å²) in [4.78, 5) is 36.6. The third-order valence-electron chi connectivity index (χ3n) is 3.40. The van der Waals surface area contributed by atoms with Crippen molar-refractivity contribution in [3.63, 3.8) is 0 Å². The van der Waals surface area contributed by atoms with E-state index >= 15 is 0 Å². The van der Waals surface area contributed by atoms with E-state index in [-0.39, 0.29) is 23.6 Å². The van der Waals surface area contributed by atoms with Crippen LogP contribution in [0.1, 0.15) is 20.3 Å². The number of piperidine rings is 1. The maximum absolute atomic E-state index is 12.2. The number of amides is 1. The Bertz CT molecular complexity index is 565. The maximum atomic E-state index is 12.2. The van der Waals surface area contributed by atoms with E-state index in [2.05, 4.69) is 18.9 Å². The van der Waals surface area contributed by atoms with Gasteiger partial charge in [-0.3, -0.25) is 19.5 Å². The molecular weight excluding hydrogens is 246 g/mol. The van der Waals surface area contributed by atoms with Crippen LogP contribution in [0.4, 0.5) is 0 Å². The Hall–Kier alpha value is -1.85. The van der Waals surface area contributed by atoms with Crippen molar-refractivity contribution in [2.24, 2.45) is 11.8 Å². The molecule has 6 heteroatoms. The molecule has 0 aromatic carbocycles. The van der Waals surface area contributed by atoms with Gasteiger partial charge in [0.25, 0.3) is 11.1 Å². The molecule has 1 aliphatic heterocycles. The van der Waals surface area contributed by atoms with Gasteiger partial charge in [0.05, 0.1) is 0 Å². The van der Waals surface area contributed by atoms with Crippen LogP contribution in [0, 0.1) is 11.8 Å². The van der Waals surface area contributed by atoms with Crippen molar-refractivity contribution in [2.45, 2.75) is 26.8 Å². The normalized spacial score (nSPS) is 23.4. The Labute approximate surface area is 111 Å². The molecule has 1 saturated heterocycles. The number of carbonyl (C=O) groups is 1. The van der Waals surface area contributed by atoms with Gasteiger partial charge in [-0.2, -0.15) is 0 Å². The molecule has 19 heavy (non-hydrogen) atoms. The van der Waals surface area contributed by atoms with Crippen molar-refractivity contribution in [1.29, 1.82) is 0 Å². The summed E-state index contributed by atoms with van der Waals surface area (Å²) in [5.74, 6) is 0.820. The topological polar surface area (TPSA) is 75.2 Å². The lowest BCUT2D eigenvalue weighted by Gasteiger charge is -2.35. The maximum Gasteiger partial charge on any atom is 0.265 e. The number of H-pyrrole nitrogens is 1. The number of hydrogen-bond donors (Lipinski definition) is 1. The molecule has 1 aromatic rings. The van der Waals surface area contributed by atoms with Crippen molar-refractivity contribution in [3.05, 3.63) is 32.8 Å². The van der Waals surface area contributed by atoms with Gasteiger partial charge in [0, 0.05) is 25.2 Å². The summed E-state index contributed by atoms with van der Waals surface area (Å²) in [5.41, 5.74) is -0.751. The smallest absolute Gasteiger partial charge is 0.265 e. The van der Waals surface area contributed by atoms with Crippen molar-refractivity contribution >= 4 is 5.91 Å². The van der Waals surface area contributed by atoms with Crippen molar-refractivity contribution in [3.8, 4) is 0 Å². The fourth-order valence-corrected chi connectivity index (χ4v) is 2.68. The molecule has 2 heterocycles. The largest absolute Gasteiger partial charge is 0.341 e. The summed E-state index contributed by atoms with van der Waals surface area (Å²) in [6, 6.07) is 2.34. The predicted octanol–water partition coefficient (Wildman–Crippen LogP) is 0.0411. The quantitative estimate of drug-likeness (QED) is 0.820. The van der Waals surface area contributed by atoms with E-state index in [1.807, 2.05) is 0 Å². The molecule has 0 unspecified atom stereocenters. The van der Waals surface area contributed by atoms with Gasteiger partial charge in [0.1, 0.15) is 6.54 Å². The number of likely N-dealkylation sites (tertiary alicyclic amines) is 1. The summed E-state index contributed by atoms with van der Waals surface area (Å²) in [7, 11) is 0. The Morgan fingerprint density at radius 3 is 2.53 bits per heavy atom. The second-order valence-corrected chi connectivity index (χ2v) is 5.48. The standard InChI is InChI=1S/C13H19N3O3/c1-9-5-10(2)7-15(6-9)13(19)8-16-12(18)4-3-11(17)14-16/h3-4,9-10H,5-8H2,1-2H3,(H,14,17)/t9-,10+. The monoisotopic (exact) mass is 265 g/mol. The zero-order valence-electron chi connectivity index (χ0n) is 11.3. The molecular formula is C13H19N3O3. The number of nitrogens with one attached hydrogen (secondary N) is 1. The zero-order valence-corrected chi connectivity index (χ0v) is 11.3. The van der Waals surface area contributed by atoms with E-state index in [0.29, 0.717) is 11.8 Å². The van der Waals surface area contributed by atoms with Gasteiger partial charge in [-0.25, -0.2) is 4.68 Å². The van der Waals surface area contributed by atoms with Crippen LogP contribution in [0.5, 0.6) is 0 Å². The Morgan fingerprint density at radius 2 is 1.89 bits per heavy atom. The highest BCUT2D eigenvalue weighted by molar-refractivity contribution is 5.76. The van der Waals surface area contributed by atoms with Crippen LogP contribution in [-0.4, -0.2) is 33.7 Å². The molecule has 0 bridgehead atoms. The third kappa shape index (κ3) is 3.33. The fraction of sp³-hybridized carbons (Fsp3) is 0.615. The van der Waals surface area contributed by atoms with Crippen LogP contribution in [0.25, 0.3) is 0 Å². The summed E-state index contributed by atoms with van der Waals surface area (Å²) in [5, 5.41) is 2.37. The Morgan fingerprint density at radius 1 is 1.26 bits per heavy atom. The van der Waals surface area contributed by atoms with Gasteiger partial charge < -0.3 is 4.90 Å². The zero-order chi connectivity index (χ0) is 14.0. The lowest BCUT2D eigenvalue weighted by molar-refractivity contribution is -0.134. The minimum atomic E-state index is -0.382. The van der Waals surface area contributed by atoms with Gasteiger partial charge >= 0.3 is 0 Å². The average molecular weight is 265 g/mol. The van der Waals surface area contributed by atoms with E-state index in [1.54, 1.807) is 4.90 Å². The first-order valence-corrected chi connectivity index (χ1v) is 6.53. The highest BCUT2D eigenvalue weighted by Gasteiger charge is 2.25. The summed E-state index contributed by atoms with van der Waals surface area (Å²) in [6.07, 6.45) is 1.12. The summed E-state index contributed by atoms with van der Waals surface area (Å²) < 4.78 is 1.06. The first-order valence-electron chi connectivity index (χ1n) is 6.53. The van der Waals surface area contributed by atoms with Crippen LogP contribution < -0.4 is 11.1 Å². The molecule has 1 N–H and O–H groups in total. The second-order valence-electron chi connectivity index (χ2n) is 5.48. The molecule has 0 spiro atoms. The average Bonchev–Trinajstić information content (AvgIpc) is 2.32. The molecule has 6 nitrogen and oxygen atoms in total. The Kier molecular flexibility index (Phi) is 3.87. The van der Waals surface area contributed by atoms with Crippen molar-refractivity contribution in [1.82, 2.24) is 14.7 Å². The predicted molar refractivity (Wildman–Crippen MR) is 70.8 cm³/mol. The highest BCUT2D eigenvalue weighted by atomic mass is 16.2. The van der Waals surface area contributed by atoms with E-state index in [1.165, 1.54) is 6.07 Å². The molecule has 1 aliphatic rings. The summed E-state index contributed by atoms with van der Waals surface area (Å²) in [6.45, 7) is 5.57. The Balaban J connectivity index is 2.10. The molecule has 0 radical (unpaired) electrons. The molecule has 0 aliphatic carbocycles. The minimum absolute atomic E-state index is 0.103. The van der Waals surface area contributed by atoms with Crippen molar-refractivity contribution in [2.75, 3.05) is 13.1 Å². The minimum Gasteiger partial charge on any atom is -0.341 e. The molecule has 0 saturated carbocycles. The van der Waals surface area contributed by atoms with Crippen LogP contribution >= 0.6 is 0 Å². The second kappa shape index (κ2) is 5.42. The first kappa shape index (κ1) is 13.6.